The van der Waals surface area contributed by atoms with E-state index < -0.39 is 5.97 Å². The first-order valence-electron chi connectivity index (χ1n) is 6.87. The molecule has 0 radical (unpaired) electrons. The Balaban J connectivity index is 1.94. The number of ketones is 1. The minimum Gasteiger partial charge on any atom is -0.465 e. The van der Waals surface area contributed by atoms with Crippen molar-refractivity contribution >= 4 is 11.8 Å². The van der Waals surface area contributed by atoms with Crippen LogP contribution in [0.15, 0.2) is 61.3 Å². The van der Waals surface area contributed by atoms with E-state index in [1.54, 1.807) is 42.9 Å². The molecule has 2 heterocycles. The molecule has 0 bridgehead atoms. The summed E-state index contributed by atoms with van der Waals surface area (Å²) in [4.78, 5) is 32.4. The number of methoxy groups -OCH3 is 1. The van der Waals surface area contributed by atoms with Gasteiger partial charge in [-0.2, -0.15) is 0 Å². The van der Waals surface area contributed by atoms with Crippen LogP contribution in [-0.4, -0.2) is 33.4 Å². The van der Waals surface area contributed by atoms with Gasteiger partial charge in [-0.3, -0.25) is 9.78 Å². The third-order valence-electron chi connectivity index (χ3n) is 3.36. The van der Waals surface area contributed by atoms with Crippen molar-refractivity contribution < 1.29 is 14.3 Å². The van der Waals surface area contributed by atoms with Crippen molar-refractivity contribution in [3.63, 3.8) is 0 Å². The van der Waals surface area contributed by atoms with Gasteiger partial charge >= 0.3 is 5.97 Å². The predicted molar refractivity (Wildman–Crippen MR) is 82.6 cm³/mol. The summed E-state index contributed by atoms with van der Waals surface area (Å²) in [5, 5.41) is 0. The van der Waals surface area contributed by atoms with E-state index in [9.17, 15) is 9.59 Å². The molecule has 3 aromatic rings. The molecule has 23 heavy (non-hydrogen) atoms. The number of carbonyl (C=O) groups is 2. The lowest BCUT2D eigenvalue weighted by Gasteiger charge is -2.07. The largest absolute Gasteiger partial charge is 0.465 e. The molecule has 0 aliphatic rings. The first kappa shape index (κ1) is 14.6. The molecule has 6 heteroatoms. The van der Waals surface area contributed by atoms with Crippen LogP contribution in [0.25, 0.3) is 5.69 Å². The highest BCUT2D eigenvalue weighted by atomic mass is 16.5. The van der Waals surface area contributed by atoms with Gasteiger partial charge < -0.3 is 9.30 Å². The smallest absolute Gasteiger partial charge is 0.340 e. The van der Waals surface area contributed by atoms with Crippen LogP contribution in [-0.2, 0) is 4.74 Å². The first-order valence-corrected chi connectivity index (χ1v) is 6.87. The van der Waals surface area contributed by atoms with Crippen molar-refractivity contribution in [2.45, 2.75) is 0 Å². The number of aromatic nitrogens is 3. The highest BCUT2D eigenvalue weighted by molar-refractivity contribution is 6.13. The molecule has 0 atom stereocenters. The summed E-state index contributed by atoms with van der Waals surface area (Å²) in [7, 11) is 1.27. The van der Waals surface area contributed by atoms with Gasteiger partial charge in [0.15, 0.2) is 0 Å². The standard InChI is InChI=1S/C17H13N3O3/c1-23-17(22)14-3-2-8-19-15(14)16(21)12-4-6-13(7-5-12)20-10-9-18-11-20/h2-11H,1H3. The van der Waals surface area contributed by atoms with Crippen molar-refractivity contribution in [2.24, 2.45) is 0 Å². The Morgan fingerprint density at radius 3 is 2.52 bits per heavy atom. The second-order valence-corrected chi connectivity index (χ2v) is 4.74. The summed E-state index contributed by atoms with van der Waals surface area (Å²) in [5.41, 5.74) is 1.55. The summed E-state index contributed by atoms with van der Waals surface area (Å²) in [6, 6.07) is 10.1. The average molecular weight is 307 g/mol. The molecule has 114 valence electrons. The number of imidazole rings is 1. The summed E-state index contributed by atoms with van der Waals surface area (Å²) in [5.74, 6) is -0.917. The fraction of sp³-hybridized carbons (Fsp3) is 0.0588. The number of hydrogen-bond acceptors (Lipinski definition) is 5. The SMILES string of the molecule is COC(=O)c1cccnc1C(=O)c1ccc(-n2ccnc2)cc1. The van der Waals surface area contributed by atoms with Crippen LogP contribution < -0.4 is 0 Å². The van der Waals surface area contributed by atoms with Gasteiger partial charge in [0.1, 0.15) is 5.69 Å². The molecule has 0 amide bonds. The molecule has 2 aromatic heterocycles. The maximum atomic E-state index is 12.6. The quantitative estimate of drug-likeness (QED) is 0.546. The van der Waals surface area contributed by atoms with Crippen molar-refractivity contribution in [1.82, 2.24) is 14.5 Å². The lowest BCUT2D eigenvalue weighted by atomic mass is 10.0. The molecular formula is C17H13N3O3. The number of pyridine rings is 1. The van der Waals surface area contributed by atoms with E-state index >= 15 is 0 Å². The lowest BCUT2D eigenvalue weighted by molar-refractivity contribution is 0.0597. The normalized spacial score (nSPS) is 10.3. The zero-order chi connectivity index (χ0) is 16.2. The Morgan fingerprint density at radius 1 is 1.09 bits per heavy atom. The number of ether oxygens (including phenoxy) is 1. The van der Waals surface area contributed by atoms with Gasteiger partial charge in [0, 0.05) is 29.8 Å². The Labute approximate surface area is 132 Å². The molecule has 0 saturated carbocycles. The van der Waals surface area contributed by atoms with E-state index in [0.29, 0.717) is 5.56 Å². The third kappa shape index (κ3) is 2.87. The highest BCUT2D eigenvalue weighted by Crippen LogP contribution is 2.15. The van der Waals surface area contributed by atoms with Crippen molar-refractivity contribution in [2.75, 3.05) is 7.11 Å². The van der Waals surface area contributed by atoms with E-state index in [2.05, 4.69) is 14.7 Å². The lowest BCUT2D eigenvalue weighted by Crippen LogP contribution is -2.13. The maximum Gasteiger partial charge on any atom is 0.340 e. The van der Waals surface area contributed by atoms with Gasteiger partial charge in [-0.25, -0.2) is 9.78 Å². The molecule has 0 unspecified atom stereocenters. The minimum absolute atomic E-state index is 0.0785. The van der Waals surface area contributed by atoms with Crippen LogP contribution >= 0.6 is 0 Å². The molecule has 0 N–H and O–H groups in total. The topological polar surface area (TPSA) is 74.1 Å². The Bertz CT molecular complexity index is 840. The van der Waals surface area contributed by atoms with Crippen LogP contribution in [0.5, 0.6) is 0 Å². The van der Waals surface area contributed by atoms with E-state index in [4.69, 9.17) is 0 Å². The molecule has 0 aliphatic carbocycles. The van der Waals surface area contributed by atoms with Gasteiger partial charge in [0.25, 0.3) is 0 Å². The number of esters is 1. The van der Waals surface area contributed by atoms with E-state index in [1.807, 2.05) is 10.8 Å². The van der Waals surface area contributed by atoms with E-state index in [0.717, 1.165) is 5.69 Å². The number of hydrogen-bond donors (Lipinski definition) is 0. The second kappa shape index (κ2) is 6.23. The van der Waals surface area contributed by atoms with Gasteiger partial charge in [-0.1, -0.05) is 0 Å². The number of benzene rings is 1. The van der Waals surface area contributed by atoms with Crippen LogP contribution in [0, 0.1) is 0 Å². The number of rotatable bonds is 4. The zero-order valence-electron chi connectivity index (χ0n) is 12.3. The van der Waals surface area contributed by atoms with E-state index in [-0.39, 0.29) is 17.0 Å². The molecule has 0 spiro atoms. The van der Waals surface area contributed by atoms with Crippen molar-refractivity contribution in [1.29, 1.82) is 0 Å². The fourth-order valence-corrected chi connectivity index (χ4v) is 2.19. The monoisotopic (exact) mass is 307 g/mol. The van der Waals surface area contributed by atoms with Crippen molar-refractivity contribution in [3.05, 3.63) is 78.1 Å². The van der Waals surface area contributed by atoms with Crippen LogP contribution in [0.1, 0.15) is 26.4 Å². The predicted octanol–water partition coefficient (Wildman–Crippen LogP) is 2.28. The third-order valence-corrected chi connectivity index (χ3v) is 3.36. The van der Waals surface area contributed by atoms with Gasteiger partial charge in [0.05, 0.1) is 19.0 Å². The summed E-state index contributed by atoms with van der Waals surface area (Å²) >= 11 is 0. The molecule has 6 nitrogen and oxygen atoms in total. The van der Waals surface area contributed by atoms with Crippen LogP contribution in [0.2, 0.25) is 0 Å². The highest BCUT2D eigenvalue weighted by Gasteiger charge is 2.20. The van der Waals surface area contributed by atoms with Gasteiger partial charge in [-0.15, -0.1) is 0 Å². The van der Waals surface area contributed by atoms with Gasteiger partial charge in [0.2, 0.25) is 5.78 Å². The number of nitrogens with zero attached hydrogens (tertiary/aromatic N) is 3. The van der Waals surface area contributed by atoms with Crippen LogP contribution in [0.3, 0.4) is 0 Å². The van der Waals surface area contributed by atoms with Crippen LogP contribution in [0.4, 0.5) is 0 Å². The molecular weight excluding hydrogens is 294 g/mol. The Kier molecular flexibility index (Phi) is 3.97. The fourth-order valence-electron chi connectivity index (χ4n) is 2.19. The summed E-state index contributed by atoms with van der Waals surface area (Å²) < 4.78 is 6.52. The number of carbonyl (C=O) groups excluding carboxylic acids is 2. The van der Waals surface area contributed by atoms with E-state index in [1.165, 1.54) is 19.4 Å². The Morgan fingerprint density at radius 2 is 1.87 bits per heavy atom. The molecule has 0 fully saturated rings. The first-order chi connectivity index (χ1) is 11.2. The Hall–Kier alpha value is -3.28. The van der Waals surface area contributed by atoms with Crippen molar-refractivity contribution in [3.8, 4) is 5.69 Å². The second-order valence-electron chi connectivity index (χ2n) is 4.74. The minimum atomic E-state index is -0.587. The molecule has 0 aliphatic heterocycles. The molecule has 1 aromatic carbocycles. The average Bonchev–Trinajstić information content (AvgIpc) is 3.15. The maximum absolute atomic E-state index is 12.6. The summed E-state index contributed by atoms with van der Waals surface area (Å²) in [6.07, 6.45) is 6.63. The zero-order valence-corrected chi connectivity index (χ0v) is 12.3. The summed E-state index contributed by atoms with van der Waals surface area (Å²) in [6.45, 7) is 0. The molecule has 0 saturated heterocycles. The van der Waals surface area contributed by atoms with Gasteiger partial charge in [-0.05, 0) is 36.4 Å². The molecule has 3 rings (SSSR count).